The SMILES string of the molecule is O=C1c2cccc3cccc(c23)N1c1ccc(-c2ccccc2)cc1. The Labute approximate surface area is 146 Å². The van der Waals surface area contributed by atoms with E-state index in [4.69, 9.17) is 0 Å². The Morgan fingerprint density at radius 1 is 0.600 bits per heavy atom. The average molecular weight is 321 g/mol. The van der Waals surface area contributed by atoms with E-state index in [9.17, 15) is 4.79 Å². The molecule has 0 atom stereocenters. The number of benzene rings is 4. The van der Waals surface area contributed by atoms with Gasteiger partial charge in [0.05, 0.1) is 11.3 Å². The van der Waals surface area contributed by atoms with Crippen molar-refractivity contribution >= 4 is 28.1 Å². The second-order valence-electron chi connectivity index (χ2n) is 6.23. The number of hydrogen-bond acceptors (Lipinski definition) is 1. The highest BCUT2D eigenvalue weighted by molar-refractivity contribution is 6.27. The number of hydrogen-bond donors (Lipinski definition) is 0. The van der Waals surface area contributed by atoms with Gasteiger partial charge in [-0.25, -0.2) is 0 Å². The molecule has 4 aromatic carbocycles. The van der Waals surface area contributed by atoms with Gasteiger partial charge in [0.25, 0.3) is 5.91 Å². The molecule has 118 valence electrons. The first kappa shape index (κ1) is 14.0. The van der Waals surface area contributed by atoms with Crippen LogP contribution < -0.4 is 4.90 Å². The van der Waals surface area contributed by atoms with Crippen LogP contribution in [0.15, 0.2) is 91.0 Å². The molecule has 0 spiro atoms. The van der Waals surface area contributed by atoms with Crippen LogP contribution in [0.2, 0.25) is 0 Å². The molecule has 0 radical (unpaired) electrons. The summed E-state index contributed by atoms with van der Waals surface area (Å²) in [6.45, 7) is 0. The van der Waals surface area contributed by atoms with Gasteiger partial charge >= 0.3 is 0 Å². The number of carbonyl (C=O) groups is 1. The zero-order valence-electron chi connectivity index (χ0n) is 13.5. The van der Waals surface area contributed by atoms with Crippen LogP contribution in [0, 0.1) is 0 Å². The van der Waals surface area contributed by atoms with E-state index in [1.807, 2.05) is 59.5 Å². The number of amides is 1. The third-order valence-corrected chi connectivity index (χ3v) is 4.79. The van der Waals surface area contributed by atoms with E-state index >= 15 is 0 Å². The minimum absolute atomic E-state index is 0.0410. The molecule has 0 bridgehead atoms. The zero-order valence-corrected chi connectivity index (χ0v) is 13.5. The molecule has 0 aromatic heterocycles. The Balaban J connectivity index is 1.61. The molecule has 0 unspecified atom stereocenters. The smallest absolute Gasteiger partial charge is 0.263 e. The summed E-state index contributed by atoms with van der Waals surface area (Å²) >= 11 is 0. The lowest BCUT2D eigenvalue weighted by Crippen LogP contribution is -2.20. The van der Waals surface area contributed by atoms with E-state index in [1.54, 1.807) is 0 Å². The van der Waals surface area contributed by atoms with E-state index in [1.165, 1.54) is 5.56 Å². The molecule has 4 aromatic rings. The Morgan fingerprint density at radius 3 is 2.04 bits per heavy atom. The molecule has 25 heavy (non-hydrogen) atoms. The van der Waals surface area contributed by atoms with Crippen molar-refractivity contribution in [1.82, 2.24) is 0 Å². The number of carbonyl (C=O) groups excluding carboxylic acids is 1. The fourth-order valence-corrected chi connectivity index (χ4v) is 3.61. The van der Waals surface area contributed by atoms with Crippen LogP contribution in [0.4, 0.5) is 11.4 Å². The van der Waals surface area contributed by atoms with Crippen molar-refractivity contribution in [3.63, 3.8) is 0 Å². The summed E-state index contributed by atoms with van der Waals surface area (Å²) in [6, 6.07) is 30.4. The lowest BCUT2D eigenvalue weighted by molar-refractivity contribution is 0.100. The molecule has 0 saturated carbocycles. The summed E-state index contributed by atoms with van der Waals surface area (Å²) in [6.07, 6.45) is 0. The summed E-state index contributed by atoms with van der Waals surface area (Å²) < 4.78 is 0. The Hall–Kier alpha value is -3.39. The maximum Gasteiger partial charge on any atom is 0.263 e. The Bertz CT molecular complexity index is 1090. The predicted octanol–water partition coefficient (Wildman–Crippen LogP) is 5.80. The topological polar surface area (TPSA) is 20.3 Å². The Morgan fingerprint density at radius 2 is 1.28 bits per heavy atom. The van der Waals surface area contributed by atoms with Crippen molar-refractivity contribution < 1.29 is 4.79 Å². The molecule has 0 saturated heterocycles. The summed E-state index contributed by atoms with van der Waals surface area (Å²) in [5, 5.41) is 2.15. The van der Waals surface area contributed by atoms with E-state index in [0.717, 1.165) is 33.3 Å². The standard InChI is InChI=1S/C23H15NO/c25-23-20-10-4-8-18-9-5-11-21(22(18)20)24(23)19-14-12-17(13-15-19)16-6-2-1-3-7-16/h1-15H. The van der Waals surface area contributed by atoms with Crippen molar-refractivity contribution in [3.8, 4) is 11.1 Å². The lowest BCUT2D eigenvalue weighted by atomic mass is 10.1. The maximum absolute atomic E-state index is 13.0. The second kappa shape index (κ2) is 5.32. The van der Waals surface area contributed by atoms with Gasteiger partial charge in [0.15, 0.2) is 0 Å². The van der Waals surface area contributed by atoms with E-state index < -0.39 is 0 Å². The summed E-state index contributed by atoms with van der Waals surface area (Å²) in [7, 11) is 0. The second-order valence-corrected chi connectivity index (χ2v) is 6.23. The van der Waals surface area contributed by atoms with E-state index in [-0.39, 0.29) is 5.91 Å². The molecule has 5 rings (SSSR count). The third-order valence-electron chi connectivity index (χ3n) is 4.79. The van der Waals surface area contributed by atoms with Gasteiger partial charge in [-0.15, -0.1) is 0 Å². The molecule has 0 aliphatic carbocycles. The van der Waals surface area contributed by atoms with Crippen LogP contribution in [-0.2, 0) is 0 Å². The van der Waals surface area contributed by atoms with Gasteiger partial charge in [-0.3, -0.25) is 9.69 Å². The van der Waals surface area contributed by atoms with Gasteiger partial charge in [-0.2, -0.15) is 0 Å². The van der Waals surface area contributed by atoms with Crippen LogP contribution in [-0.4, -0.2) is 5.91 Å². The summed E-state index contributed by atoms with van der Waals surface area (Å²) in [5.41, 5.74) is 4.96. The van der Waals surface area contributed by atoms with E-state index in [0.29, 0.717) is 0 Å². The maximum atomic E-state index is 13.0. The monoisotopic (exact) mass is 321 g/mol. The quantitative estimate of drug-likeness (QED) is 0.457. The molecule has 1 aliphatic rings. The van der Waals surface area contributed by atoms with Crippen molar-refractivity contribution in [2.24, 2.45) is 0 Å². The molecule has 1 aliphatic heterocycles. The average Bonchev–Trinajstić information content (AvgIpc) is 2.97. The molecular formula is C23H15NO. The van der Waals surface area contributed by atoms with Gasteiger partial charge in [0.2, 0.25) is 0 Å². The molecule has 0 N–H and O–H groups in total. The van der Waals surface area contributed by atoms with Crippen LogP contribution >= 0.6 is 0 Å². The molecule has 2 heteroatoms. The first-order chi connectivity index (χ1) is 12.3. The van der Waals surface area contributed by atoms with Crippen LogP contribution in [0.1, 0.15) is 10.4 Å². The first-order valence-corrected chi connectivity index (χ1v) is 8.35. The molecule has 1 heterocycles. The van der Waals surface area contributed by atoms with Gasteiger partial charge in [-0.1, -0.05) is 66.7 Å². The van der Waals surface area contributed by atoms with Crippen molar-refractivity contribution in [3.05, 3.63) is 96.6 Å². The van der Waals surface area contributed by atoms with Gasteiger partial charge in [-0.05, 0) is 40.8 Å². The predicted molar refractivity (Wildman–Crippen MR) is 102 cm³/mol. The van der Waals surface area contributed by atoms with Crippen LogP contribution in [0.3, 0.4) is 0 Å². The Kier molecular flexibility index (Phi) is 2.98. The van der Waals surface area contributed by atoms with Crippen molar-refractivity contribution in [2.45, 2.75) is 0 Å². The van der Waals surface area contributed by atoms with Crippen LogP contribution in [0.25, 0.3) is 21.9 Å². The highest BCUT2D eigenvalue weighted by Crippen LogP contribution is 2.41. The molecule has 2 nitrogen and oxygen atoms in total. The number of anilines is 2. The fraction of sp³-hybridized carbons (Fsp3) is 0. The number of nitrogens with zero attached hydrogens (tertiary/aromatic N) is 1. The summed E-state index contributed by atoms with van der Waals surface area (Å²) in [4.78, 5) is 14.8. The minimum atomic E-state index is 0.0410. The minimum Gasteiger partial charge on any atom is -0.276 e. The highest BCUT2D eigenvalue weighted by Gasteiger charge is 2.30. The fourth-order valence-electron chi connectivity index (χ4n) is 3.61. The van der Waals surface area contributed by atoms with Gasteiger partial charge in [0.1, 0.15) is 0 Å². The number of rotatable bonds is 2. The van der Waals surface area contributed by atoms with Crippen molar-refractivity contribution in [1.29, 1.82) is 0 Å². The van der Waals surface area contributed by atoms with Crippen molar-refractivity contribution in [2.75, 3.05) is 4.90 Å². The molecular weight excluding hydrogens is 306 g/mol. The first-order valence-electron chi connectivity index (χ1n) is 8.35. The van der Waals surface area contributed by atoms with Gasteiger partial charge in [0, 0.05) is 11.1 Å². The third kappa shape index (κ3) is 2.08. The molecule has 1 amide bonds. The summed E-state index contributed by atoms with van der Waals surface area (Å²) in [5.74, 6) is 0.0410. The molecule has 0 fully saturated rings. The van der Waals surface area contributed by atoms with E-state index in [2.05, 4.69) is 36.4 Å². The van der Waals surface area contributed by atoms with Crippen LogP contribution in [0.5, 0.6) is 0 Å². The highest BCUT2D eigenvalue weighted by atomic mass is 16.2. The largest absolute Gasteiger partial charge is 0.276 e. The van der Waals surface area contributed by atoms with Gasteiger partial charge < -0.3 is 0 Å². The zero-order chi connectivity index (χ0) is 16.8. The normalized spacial score (nSPS) is 12.8. The lowest BCUT2D eigenvalue weighted by Gasteiger charge is -2.18.